The fraction of sp³-hybridized carbons (Fsp3) is 0.312. The fourth-order valence-electron chi connectivity index (χ4n) is 2.69. The molecule has 3 rings (SSSR count). The Morgan fingerprint density at radius 3 is 2.93 bits per heavy atom. The van der Waals surface area contributed by atoms with Crippen molar-refractivity contribution < 1.29 is 24.3 Å². The summed E-state index contributed by atoms with van der Waals surface area (Å²) in [6.45, 7) is 5.40. The number of carboxylic acids is 1. The number of β-lactam (4-membered cyclic amide) rings is 1. The Morgan fingerprint density at radius 2 is 2.32 bits per heavy atom. The molecule has 1 fully saturated rings. The number of nitrogens with one attached hydrogen (secondary N) is 1. The summed E-state index contributed by atoms with van der Waals surface area (Å²) < 4.78 is 0. The molecule has 0 aromatic carbocycles. The normalized spacial score (nSPS) is 24.0. The minimum Gasteiger partial charge on any atom is -0.477 e. The topological polar surface area (TPSA) is 147 Å². The molecule has 0 saturated carbocycles. The van der Waals surface area contributed by atoms with Crippen LogP contribution in [0.15, 0.2) is 35.0 Å². The van der Waals surface area contributed by atoms with Crippen LogP contribution in [0.2, 0.25) is 0 Å². The summed E-state index contributed by atoms with van der Waals surface area (Å²) in [5.74, 6) is -2.36. The molecule has 2 aliphatic rings. The van der Waals surface area contributed by atoms with Crippen LogP contribution in [0.1, 0.15) is 12.6 Å². The number of carbonyl (C=O) groups is 3. The van der Waals surface area contributed by atoms with E-state index in [0.717, 1.165) is 11.3 Å². The molecule has 2 aliphatic heterocycles. The van der Waals surface area contributed by atoms with Crippen LogP contribution in [0, 0.1) is 0 Å². The first-order chi connectivity index (χ1) is 13.3. The van der Waals surface area contributed by atoms with Gasteiger partial charge in [-0.2, -0.15) is 0 Å². The average molecular weight is 423 g/mol. The number of hydrogen-bond acceptors (Lipinski definition) is 9. The molecule has 1 aromatic rings. The van der Waals surface area contributed by atoms with E-state index < -0.39 is 29.2 Å². The first-order valence-corrected chi connectivity index (χ1v) is 9.92. The third-order valence-electron chi connectivity index (χ3n) is 3.88. The Morgan fingerprint density at radius 1 is 1.57 bits per heavy atom. The third kappa shape index (κ3) is 3.73. The van der Waals surface area contributed by atoms with Gasteiger partial charge in [-0.3, -0.25) is 14.5 Å². The van der Waals surface area contributed by atoms with E-state index in [4.69, 9.17) is 10.6 Å². The van der Waals surface area contributed by atoms with Gasteiger partial charge in [0.1, 0.15) is 29.4 Å². The quantitative estimate of drug-likeness (QED) is 0.188. The maximum atomic E-state index is 12.7. The smallest absolute Gasteiger partial charge is 0.352 e. The molecular formula is C16H17N5O5S2. The van der Waals surface area contributed by atoms with E-state index in [0.29, 0.717) is 0 Å². The summed E-state index contributed by atoms with van der Waals surface area (Å²) in [5.41, 5.74) is 5.61. The standard InChI is InChI=1S/C16H17N5O5S2/c1-3-4-26-20-10(8-6-27-16(17)18-8)12(22)19-11-13(23)21-9(15(24)25)5-7(2)28-14(11)21/h3,5-7,11,14H,1,4H2,2H3,(H2,17,18)(H,19,22)(H,24,25)/b20-10-/t7?,11?,14-/m1/s1. The lowest BCUT2D eigenvalue weighted by Crippen LogP contribution is -2.71. The van der Waals surface area contributed by atoms with Gasteiger partial charge >= 0.3 is 5.97 Å². The van der Waals surface area contributed by atoms with Crippen LogP contribution in [-0.4, -0.2) is 61.8 Å². The third-order valence-corrected chi connectivity index (χ3v) is 5.88. The van der Waals surface area contributed by atoms with Crippen molar-refractivity contribution in [1.29, 1.82) is 0 Å². The lowest BCUT2D eigenvalue weighted by atomic mass is 10.0. The molecule has 28 heavy (non-hydrogen) atoms. The van der Waals surface area contributed by atoms with Crippen LogP contribution in [-0.2, 0) is 19.2 Å². The van der Waals surface area contributed by atoms with Crippen LogP contribution in [0.4, 0.5) is 5.13 Å². The summed E-state index contributed by atoms with van der Waals surface area (Å²) in [5, 5.41) is 16.8. The van der Waals surface area contributed by atoms with Crippen LogP contribution in [0.3, 0.4) is 0 Å². The van der Waals surface area contributed by atoms with Crippen LogP contribution >= 0.6 is 23.1 Å². The van der Waals surface area contributed by atoms with Crippen LogP contribution < -0.4 is 11.1 Å². The molecule has 3 heterocycles. The van der Waals surface area contributed by atoms with E-state index in [2.05, 4.69) is 22.0 Å². The van der Waals surface area contributed by atoms with E-state index in [1.54, 1.807) is 5.38 Å². The van der Waals surface area contributed by atoms with Gasteiger partial charge in [-0.15, -0.1) is 23.1 Å². The van der Waals surface area contributed by atoms with Gasteiger partial charge in [0.05, 0.1) is 0 Å². The van der Waals surface area contributed by atoms with Crippen LogP contribution in [0.25, 0.3) is 0 Å². The Kier molecular flexibility index (Phi) is 5.70. The average Bonchev–Trinajstić information content (AvgIpc) is 3.08. The highest BCUT2D eigenvalue weighted by atomic mass is 32.2. The molecule has 1 aromatic heterocycles. The number of nitrogens with two attached hydrogens (primary N) is 1. The Labute approximate surface area is 168 Å². The van der Waals surface area contributed by atoms with Gasteiger partial charge in [0.25, 0.3) is 11.8 Å². The molecule has 0 spiro atoms. The van der Waals surface area contributed by atoms with Gasteiger partial charge in [-0.05, 0) is 13.0 Å². The van der Waals surface area contributed by atoms with E-state index in [1.807, 2.05) is 6.92 Å². The number of fused-ring (bicyclic) bond motifs is 1. The largest absolute Gasteiger partial charge is 0.477 e. The Bertz CT molecular complexity index is 896. The van der Waals surface area contributed by atoms with Crippen molar-refractivity contribution in [2.45, 2.75) is 23.6 Å². The summed E-state index contributed by atoms with van der Waals surface area (Å²) >= 11 is 2.51. The molecule has 2 amide bonds. The molecule has 0 radical (unpaired) electrons. The number of thiazole rings is 1. The number of aliphatic carboxylic acids is 1. The lowest BCUT2D eigenvalue weighted by molar-refractivity contribution is -0.150. The van der Waals surface area contributed by atoms with Gasteiger partial charge in [-0.1, -0.05) is 17.8 Å². The molecule has 3 atom stereocenters. The molecule has 10 nitrogen and oxygen atoms in total. The number of rotatable bonds is 7. The molecule has 4 N–H and O–H groups in total. The summed E-state index contributed by atoms with van der Waals surface area (Å²) in [6.07, 6.45) is 2.97. The van der Waals surface area contributed by atoms with E-state index >= 15 is 0 Å². The number of anilines is 1. The number of aromatic nitrogens is 1. The highest BCUT2D eigenvalue weighted by Crippen LogP contribution is 2.40. The molecule has 0 aliphatic carbocycles. The zero-order chi connectivity index (χ0) is 20.4. The van der Waals surface area contributed by atoms with Gasteiger partial charge in [0.2, 0.25) is 0 Å². The number of nitrogen functional groups attached to an aromatic ring is 1. The maximum absolute atomic E-state index is 12.7. The minimum atomic E-state index is -1.19. The number of thioether (sulfide) groups is 1. The molecule has 12 heteroatoms. The summed E-state index contributed by atoms with van der Waals surface area (Å²) in [6, 6.07) is -0.886. The van der Waals surface area contributed by atoms with Crippen molar-refractivity contribution in [1.82, 2.24) is 15.2 Å². The lowest BCUT2D eigenvalue weighted by Gasteiger charge is -2.49. The van der Waals surface area contributed by atoms with Gasteiger partial charge < -0.3 is 21.0 Å². The number of amides is 2. The zero-order valence-electron chi connectivity index (χ0n) is 14.7. The SMILES string of the molecule is C=CCO/N=C(\C(=O)NC1C(=O)N2C(C(=O)O)=CC(C)S[C@H]12)c1csc(N)n1. The number of nitrogens with zero attached hydrogens (tertiary/aromatic N) is 3. The van der Waals surface area contributed by atoms with E-state index in [9.17, 15) is 19.5 Å². The Balaban J connectivity index is 1.78. The first-order valence-electron chi connectivity index (χ1n) is 8.10. The van der Waals surface area contributed by atoms with Crippen LogP contribution in [0.5, 0.6) is 0 Å². The summed E-state index contributed by atoms with van der Waals surface area (Å²) in [7, 11) is 0. The van der Waals surface area contributed by atoms with Crippen molar-refractivity contribution in [3.05, 3.63) is 35.5 Å². The molecule has 1 saturated heterocycles. The van der Waals surface area contributed by atoms with Crippen molar-refractivity contribution >= 4 is 51.7 Å². The number of hydrogen-bond donors (Lipinski definition) is 3. The van der Waals surface area contributed by atoms with Crippen molar-refractivity contribution in [3.8, 4) is 0 Å². The van der Waals surface area contributed by atoms with Crippen molar-refractivity contribution in [3.63, 3.8) is 0 Å². The highest BCUT2D eigenvalue weighted by molar-refractivity contribution is 8.00. The minimum absolute atomic E-state index is 0.0787. The van der Waals surface area contributed by atoms with E-state index in [-0.39, 0.29) is 34.1 Å². The summed E-state index contributed by atoms with van der Waals surface area (Å²) in [4.78, 5) is 46.8. The second-order valence-corrected chi connectivity index (χ2v) is 8.23. The van der Waals surface area contributed by atoms with Gasteiger partial charge in [0.15, 0.2) is 10.8 Å². The molecule has 2 unspecified atom stereocenters. The highest BCUT2D eigenvalue weighted by Gasteiger charge is 2.54. The zero-order valence-corrected chi connectivity index (χ0v) is 16.3. The van der Waals surface area contributed by atoms with Gasteiger partial charge in [0, 0.05) is 10.6 Å². The number of carboxylic acid groups (broad SMARTS) is 1. The number of carbonyl (C=O) groups excluding carboxylic acids is 2. The molecular weight excluding hydrogens is 406 g/mol. The van der Waals surface area contributed by atoms with Crippen molar-refractivity contribution in [2.75, 3.05) is 12.3 Å². The second kappa shape index (κ2) is 8.02. The predicted octanol–water partition coefficient (Wildman–Crippen LogP) is 0.389. The fourth-order valence-corrected chi connectivity index (χ4v) is 4.57. The first kappa shape index (κ1) is 19.9. The monoisotopic (exact) mass is 423 g/mol. The second-order valence-electron chi connectivity index (χ2n) is 5.84. The van der Waals surface area contributed by atoms with E-state index in [1.165, 1.54) is 28.8 Å². The van der Waals surface area contributed by atoms with Gasteiger partial charge in [-0.25, -0.2) is 9.78 Å². The predicted molar refractivity (Wildman–Crippen MR) is 105 cm³/mol. The molecule has 148 valence electrons. The molecule has 0 bridgehead atoms. The maximum Gasteiger partial charge on any atom is 0.352 e. The number of oxime groups is 1. The Hall–Kier alpha value is -2.86. The van der Waals surface area contributed by atoms with Crippen molar-refractivity contribution in [2.24, 2.45) is 5.16 Å².